The molecule has 0 saturated heterocycles. The zero-order chi connectivity index (χ0) is 12.8. The summed E-state index contributed by atoms with van der Waals surface area (Å²) in [5, 5.41) is 2.06. The molecular weight excluding hydrogens is 331 g/mol. The third kappa shape index (κ3) is 10.4. The van der Waals surface area contributed by atoms with E-state index in [0.717, 1.165) is 17.3 Å². The number of aromatic nitrogens is 2. The third-order valence-electron chi connectivity index (χ3n) is 1.30. The lowest BCUT2D eigenvalue weighted by molar-refractivity contribution is 1.04. The molecule has 1 heterocycles. The van der Waals surface area contributed by atoms with Crippen LogP contribution in [0, 0.1) is 6.92 Å². The number of aryl methyl sites for hydroxylation is 1. The lowest BCUT2D eigenvalue weighted by Crippen LogP contribution is -1.87. The molecule has 16 heavy (non-hydrogen) atoms. The molecule has 0 amide bonds. The van der Waals surface area contributed by atoms with Gasteiger partial charge in [0.2, 0.25) is 0 Å². The Labute approximate surface area is 117 Å². The Morgan fingerprint density at radius 3 is 2.50 bits per heavy atom. The smallest absolute Gasteiger partial charge is 0.125 e. The van der Waals surface area contributed by atoms with Gasteiger partial charge in [-0.15, -0.1) is 11.8 Å². The molecule has 0 fully saturated rings. The van der Waals surface area contributed by atoms with Gasteiger partial charge in [-0.3, -0.25) is 0 Å². The van der Waals surface area contributed by atoms with Gasteiger partial charge in [0, 0.05) is 6.20 Å². The summed E-state index contributed by atoms with van der Waals surface area (Å²) in [4.78, 5) is 10.2. The first kappa shape index (κ1) is 18.3. The zero-order valence-corrected chi connectivity index (χ0v) is 13.7. The second kappa shape index (κ2) is 14.9. The van der Waals surface area contributed by atoms with Crippen molar-refractivity contribution >= 4 is 40.4 Å². The predicted octanol–water partition coefficient (Wildman–Crippen LogP) is 4.59. The van der Waals surface area contributed by atoms with Gasteiger partial charge < -0.3 is 0 Å². The van der Waals surface area contributed by atoms with Gasteiger partial charge >= 0.3 is 0 Å². The highest BCUT2D eigenvalue weighted by molar-refractivity contribution is 14.1. The molecule has 0 bridgehead atoms. The number of hydrogen-bond donors (Lipinski definition) is 0. The molecule has 1 aromatic heterocycles. The van der Waals surface area contributed by atoms with E-state index in [0.29, 0.717) is 0 Å². The van der Waals surface area contributed by atoms with Gasteiger partial charge in [-0.2, -0.15) is 0 Å². The molecule has 0 N–H and O–H groups in total. The Bertz CT molecular complexity index is 277. The number of alkyl halides is 1. The van der Waals surface area contributed by atoms with Gasteiger partial charge in [0.15, 0.2) is 0 Å². The minimum absolute atomic E-state index is 0.818. The van der Waals surface area contributed by atoms with Crippen molar-refractivity contribution < 1.29 is 0 Å². The molecule has 0 saturated carbocycles. The highest BCUT2D eigenvalue weighted by Crippen LogP contribution is 2.05. The summed E-state index contributed by atoms with van der Waals surface area (Å²) in [5.41, 5.74) is 0.975. The minimum Gasteiger partial charge on any atom is -0.242 e. The topological polar surface area (TPSA) is 25.8 Å². The normalized spacial score (nSPS) is 8.88. The van der Waals surface area contributed by atoms with Gasteiger partial charge in [-0.1, -0.05) is 43.4 Å². The van der Waals surface area contributed by atoms with Gasteiger partial charge in [0.1, 0.15) is 5.82 Å². The number of thioether (sulfide) groups is 1. The first-order valence-corrected chi connectivity index (χ1v) is 8.49. The van der Waals surface area contributed by atoms with E-state index in [1.807, 2.05) is 37.8 Å². The van der Waals surface area contributed by atoms with E-state index in [1.54, 1.807) is 18.0 Å². The van der Waals surface area contributed by atoms with Crippen molar-refractivity contribution in [2.45, 2.75) is 27.7 Å². The van der Waals surface area contributed by atoms with Gasteiger partial charge in [-0.25, -0.2) is 9.97 Å². The van der Waals surface area contributed by atoms with Crippen molar-refractivity contribution in [3.05, 3.63) is 29.2 Å². The molecule has 0 unspecified atom stereocenters. The molecule has 0 aliphatic heterocycles. The molecule has 0 spiro atoms. The average molecular weight is 352 g/mol. The monoisotopic (exact) mass is 352 g/mol. The maximum atomic E-state index is 4.23. The van der Waals surface area contributed by atoms with Crippen molar-refractivity contribution in [2.75, 3.05) is 10.7 Å². The van der Waals surface area contributed by atoms with Crippen LogP contribution >= 0.6 is 34.4 Å². The maximum Gasteiger partial charge on any atom is 0.125 e. The minimum atomic E-state index is 0.818. The summed E-state index contributed by atoms with van der Waals surface area (Å²) in [6.45, 7) is 8.02. The molecular formula is C12H21IN2S. The summed E-state index contributed by atoms with van der Waals surface area (Å²) >= 11 is 3.92. The fourth-order valence-corrected chi connectivity index (χ4v) is 1.21. The van der Waals surface area contributed by atoms with E-state index in [1.165, 1.54) is 0 Å². The Hall–Kier alpha value is -0.100. The molecule has 0 aliphatic carbocycles. The Kier molecular flexibility index (Phi) is 17.0. The fourth-order valence-electron chi connectivity index (χ4n) is 0.781. The summed E-state index contributed by atoms with van der Waals surface area (Å²) in [5.74, 6) is 1.92. The highest BCUT2D eigenvalue weighted by Gasteiger charge is 1.88. The van der Waals surface area contributed by atoms with Crippen molar-refractivity contribution in [3.63, 3.8) is 0 Å². The standard InChI is InChI=1S/C9H12N2S.C2H6.CH3I/c1-3-12-7-5-9-4-6-10-8(2)11-9;2*1-2/h4-7H,3H2,1-2H3;1-2H3;1H3/b7-5+;;. The molecule has 92 valence electrons. The van der Waals surface area contributed by atoms with Crippen LogP contribution in [0.15, 0.2) is 17.7 Å². The van der Waals surface area contributed by atoms with Crippen LogP contribution in [-0.2, 0) is 0 Å². The zero-order valence-electron chi connectivity index (χ0n) is 10.7. The summed E-state index contributed by atoms with van der Waals surface area (Å²) < 4.78 is 0. The van der Waals surface area contributed by atoms with Crippen molar-refractivity contribution in [1.29, 1.82) is 0 Å². The van der Waals surface area contributed by atoms with Crippen LogP contribution in [0.5, 0.6) is 0 Å². The molecule has 0 atom stereocenters. The predicted molar refractivity (Wildman–Crippen MR) is 85.2 cm³/mol. The second-order valence-corrected chi connectivity index (χ2v) is 3.47. The van der Waals surface area contributed by atoms with E-state index >= 15 is 0 Å². The van der Waals surface area contributed by atoms with Crippen LogP contribution in [0.2, 0.25) is 0 Å². The van der Waals surface area contributed by atoms with E-state index in [-0.39, 0.29) is 0 Å². The van der Waals surface area contributed by atoms with Gasteiger partial charge in [-0.05, 0) is 35.2 Å². The third-order valence-corrected chi connectivity index (χ3v) is 1.96. The molecule has 1 rings (SSSR count). The quantitative estimate of drug-likeness (QED) is 0.588. The summed E-state index contributed by atoms with van der Waals surface area (Å²) in [6, 6.07) is 1.90. The SMILES string of the molecule is CC.CCS/C=C/c1ccnc(C)n1.CI. The fraction of sp³-hybridized carbons (Fsp3) is 0.500. The summed E-state index contributed by atoms with van der Waals surface area (Å²) in [7, 11) is 0. The largest absolute Gasteiger partial charge is 0.242 e. The first-order valence-electron chi connectivity index (χ1n) is 5.28. The Balaban J connectivity index is 0. The second-order valence-electron chi connectivity index (χ2n) is 2.29. The van der Waals surface area contributed by atoms with Gasteiger partial charge in [0.05, 0.1) is 5.69 Å². The first-order chi connectivity index (χ1) is 7.83. The molecule has 0 aromatic carbocycles. The van der Waals surface area contributed by atoms with Crippen molar-refractivity contribution in [3.8, 4) is 0 Å². The van der Waals surface area contributed by atoms with Crippen LogP contribution in [0.25, 0.3) is 6.08 Å². The van der Waals surface area contributed by atoms with Crippen LogP contribution in [-0.4, -0.2) is 20.7 Å². The highest BCUT2D eigenvalue weighted by atomic mass is 127. The lowest BCUT2D eigenvalue weighted by atomic mass is 10.4. The molecule has 0 aliphatic rings. The van der Waals surface area contributed by atoms with Crippen LogP contribution in [0.3, 0.4) is 0 Å². The Morgan fingerprint density at radius 1 is 1.38 bits per heavy atom. The van der Waals surface area contributed by atoms with Crippen LogP contribution in [0.1, 0.15) is 32.3 Å². The lowest BCUT2D eigenvalue weighted by Gasteiger charge is -1.92. The van der Waals surface area contributed by atoms with Crippen LogP contribution < -0.4 is 0 Å². The van der Waals surface area contributed by atoms with E-state index in [9.17, 15) is 0 Å². The number of rotatable bonds is 3. The number of nitrogens with zero attached hydrogens (tertiary/aromatic N) is 2. The van der Waals surface area contributed by atoms with Crippen molar-refractivity contribution in [2.24, 2.45) is 0 Å². The van der Waals surface area contributed by atoms with Gasteiger partial charge in [0.25, 0.3) is 0 Å². The molecule has 0 radical (unpaired) electrons. The van der Waals surface area contributed by atoms with E-state index in [2.05, 4.69) is 44.9 Å². The van der Waals surface area contributed by atoms with E-state index < -0.39 is 0 Å². The average Bonchev–Trinajstić information content (AvgIpc) is 2.35. The van der Waals surface area contributed by atoms with Crippen LogP contribution in [0.4, 0.5) is 0 Å². The number of hydrogen-bond acceptors (Lipinski definition) is 3. The molecule has 4 heteroatoms. The van der Waals surface area contributed by atoms with Crippen molar-refractivity contribution in [1.82, 2.24) is 9.97 Å². The maximum absolute atomic E-state index is 4.23. The Morgan fingerprint density at radius 2 is 2.00 bits per heavy atom. The molecule has 2 nitrogen and oxygen atoms in total. The van der Waals surface area contributed by atoms with E-state index in [4.69, 9.17) is 0 Å². The molecule has 1 aromatic rings. The summed E-state index contributed by atoms with van der Waals surface area (Å²) in [6.07, 6.45) is 3.78. The number of halogens is 1.